The van der Waals surface area contributed by atoms with Crippen molar-refractivity contribution in [3.05, 3.63) is 53.2 Å². The molecular weight excluding hydrogens is 277 g/mol. The third-order valence-corrected chi connectivity index (χ3v) is 2.97. The van der Waals surface area contributed by atoms with Crippen molar-refractivity contribution in [1.82, 2.24) is 4.90 Å². The van der Waals surface area contributed by atoms with E-state index in [0.29, 0.717) is 18.8 Å². The van der Waals surface area contributed by atoms with Gasteiger partial charge in [0.15, 0.2) is 11.6 Å². The molecule has 1 heterocycles. The average Bonchev–Trinajstić information content (AvgIpc) is 2.87. The summed E-state index contributed by atoms with van der Waals surface area (Å²) in [7, 11) is 3.26. The van der Waals surface area contributed by atoms with E-state index in [4.69, 9.17) is 14.3 Å². The van der Waals surface area contributed by atoms with E-state index in [0.717, 1.165) is 5.56 Å². The third-order valence-electron chi connectivity index (χ3n) is 2.97. The number of aromatic carboxylic acids is 1. The fourth-order valence-electron chi connectivity index (χ4n) is 2.02. The molecule has 0 radical (unpaired) electrons. The van der Waals surface area contributed by atoms with Gasteiger partial charge in [-0.05, 0) is 36.9 Å². The molecule has 1 aromatic carbocycles. The summed E-state index contributed by atoms with van der Waals surface area (Å²) >= 11 is 0. The van der Waals surface area contributed by atoms with Gasteiger partial charge in [0.05, 0.1) is 13.7 Å². The van der Waals surface area contributed by atoms with Crippen LogP contribution >= 0.6 is 0 Å². The van der Waals surface area contributed by atoms with E-state index in [1.54, 1.807) is 18.2 Å². The van der Waals surface area contributed by atoms with Crippen molar-refractivity contribution in [2.75, 3.05) is 14.2 Å². The third kappa shape index (κ3) is 3.82. The van der Waals surface area contributed by atoms with Crippen LogP contribution in [0.4, 0.5) is 4.39 Å². The molecule has 1 aromatic heterocycles. The highest BCUT2D eigenvalue weighted by Crippen LogP contribution is 2.19. The smallest absolute Gasteiger partial charge is 0.371 e. The maximum absolute atomic E-state index is 13.6. The van der Waals surface area contributed by atoms with E-state index in [1.165, 1.54) is 19.2 Å². The number of carboxylic acids is 1. The summed E-state index contributed by atoms with van der Waals surface area (Å²) in [5, 5.41) is 8.79. The van der Waals surface area contributed by atoms with Crippen LogP contribution in [0.1, 0.15) is 21.9 Å². The minimum atomic E-state index is -1.10. The van der Waals surface area contributed by atoms with Gasteiger partial charge >= 0.3 is 5.97 Å². The minimum Gasteiger partial charge on any atom is -0.494 e. The Morgan fingerprint density at radius 1 is 1.33 bits per heavy atom. The van der Waals surface area contributed by atoms with E-state index >= 15 is 0 Å². The molecule has 0 atom stereocenters. The van der Waals surface area contributed by atoms with Crippen molar-refractivity contribution in [2.45, 2.75) is 13.1 Å². The zero-order chi connectivity index (χ0) is 15.4. The standard InChI is InChI=1S/C15H16FNO4/c1-17(9-11-4-6-14(21-11)15(18)19)8-10-3-5-13(20-2)12(16)7-10/h3-7H,8-9H2,1-2H3,(H,18,19). The first-order chi connectivity index (χ1) is 9.99. The number of hydrogen-bond donors (Lipinski definition) is 1. The fraction of sp³-hybridized carbons (Fsp3) is 0.267. The van der Waals surface area contributed by atoms with E-state index in [1.807, 2.05) is 11.9 Å². The molecule has 0 bridgehead atoms. The van der Waals surface area contributed by atoms with Crippen LogP contribution in [0.3, 0.4) is 0 Å². The molecule has 1 N–H and O–H groups in total. The largest absolute Gasteiger partial charge is 0.494 e. The number of rotatable bonds is 6. The molecule has 21 heavy (non-hydrogen) atoms. The van der Waals surface area contributed by atoms with Gasteiger partial charge in [0.25, 0.3) is 0 Å². The number of benzene rings is 1. The van der Waals surface area contributed by atoms with Crippen molar-refractivity contribution in [3.8, 4) is 5.75 Å². The average molecular weight is 293 g/mol. The number of nitrogens with zero attached hydrogens (tertiary/aromatic N) is 1. The maximum Gasteiger partial charge on any atom is 0.371 e. The molecule has 112 valence electrons. The molecule has 0 fully saturated rings. The van der Waals surface area contributed by atoms with Crippen LogP contribution in [-0.2, 0) is 13.1 Å². The van der Waals surface area contributed by atoms with Crippen molar-refractivity contribution >= 4 is 5.97 Å². The van der Waals surface area contributed by atoms with Crippen LogP contribution in [0.15, 0.2) is 34.7 Å². The van der Waals surface area contributed by atoms with Crippen LogP contribution in [0.5, 0.6) is 5.75 Å². The zero-order valence-electron chi connectivity index (χ0n) is 11.8. The van der Waals surface area contributed by atoms with Crippen LogP contribution in [0, 0.1) is 5.82 Å². The van der Waals surface area contributed by atoms with Crippen molar-refractivity contribution in [1.29, 1.82) is 0 Å². The number of ether oxygens (including phenoxy) is 1. The lowest BCUT2D eigenvalue weighted by Crippen LogP contribution is -2.17. The highest BCUT2D eigenvalue weighted by Gasteiger charge is 2.11. The zero-order valence-corrected chi connectivity index (χ0v) is 11.8. The molecule has 0 saturated carbocycles. The van der Waals surface area contributed by atoms with Gasteiger partial charge in [-0.15, -0.1) is 0 Å². The quantitative estimate of drug-likeness (QED) is 0.887. The predicted molar refractivity (Wildman–Crippen MR) is 73.8 cm³/mol. The van der Waals surface area contributed by atoms with Crippen molar-refractivity contribution in [2.24, 2.45) is 0 Å². The number of halogens is 1. The topological polar surface area (TPSA) is 62.9 Å². The normalized spacial score (nSPS) is 10.9. The summed E-state index contributed by atoms with van der Waals surface area (Å²) in [6, 6.07) is 7.81. The summed E-state index contributed by atoms with van der Waals surface area (Å²) in [5.74, 6) is -0.841. The van der Waals surface area contributed by atoms with Gasteiger partial charge in [-0.2, -0.15) is 0 Å². The molecule has 0 aliphatic rings. The molecule has 2 rings (SSSR count). The Balaban J connectivity index is 1.99. The molecule has 2 aromatic rings. The molecule has 0 amide bonds. The molecule has 0 unspecified atom stereocenters. The summed E-state index contributed by atoms with van der Waals surface area (Å²) < 4.78 is 23.6. The molecule has 0 aliphatic carbocycles. The first-order valence-electron chi connectivity index (χ1n) is 6.32. The van der Waals surface area contributed by atoms with Crippen LogP contribution < -0.4 is 4.74 Å². The van der Waals surface area contributed by atoms with Gasteiger partial charge in [-0.25, -0.2) is 9.18 Å². The molecule has 0 saturated heterocycles. The van der Waals surface area contributed by atoms with E-state index < -0.39 is 11.8 Å². The lowest BCUT2D eigenvalue weighted by Gasteiger charge is -2.15. The predicted octanol–water partition coefficient (Wildman–Crippen LogP) is 2.76. The maximum atomic E-state index is 13.6. The summed E-state index contributed by atoms with van der Waals surface area (Å²) in [5.41, 5.74) is 0.792. The van der Waals surface area contributed by atoms with Gasteiger partial charge in [0, 0.05) is 6.54 Å². The van der Waals surface area contributed by atoms with E-state index in [9.17, 15) is 9.18 Å². The molecule has 6 heteroatoms. The lowest BCUT2D eigenvalue weighted by atomic mass is 10.2. The highest BCUT2D eigenvalue weighted by atomic mass is 19.1. The van der Waals surface area contributed by atoms with Gasteiger partial charge < -0.3 is 14.3 Å². The van der Waals surface area contributed by atoms with Gasteiger partial charge in [-0.1, -0.05) is 6.07 Å². The Bertz CT molecular complexity index is 638. The number of furan rings is 1. The Hall–Kier alpha value is -2.34. The second kappa shape index (κ2) is 6.41. The first-order valence-corrected chi connectivity index (χ1v) is 6.32. The Kier molecular flexibility index (Phi) is 4.59. The van der Waals surface area contributed by atoms with E-state index in [2.05, 4.69) is 0 Å². The van der Waals surface area contributed by atoms with Crippen LogP contribution in [0.2, 0.25) is 0 Å². The monoisotopic (exact) mass is 293 g/mol. The van der Waals surface area contributed by atoms with Crippen molar-refractivity contribution in [3.63, 3.8) is 0 Å². The second-order valence-electron chi connectivity index (χ2n) is 4.71. The minimum absolute atomic E-state index is 0.0890. The van der Waals surface area contributed by atoms with Crippen molar-refractivity contribution < 1.29 is 23.4 Å². The Morgan fingerprint density at radius 3 is 2.67 bits per heavy atom. The number of carboxylic acid groups (broad SMARTS) is 1. The Labute approximate surface area is 121 Å². The highest BCUT2D eigenvalue weighted by molar-refractivity contribution is 5.84. The van der Waals surface area contributed by atoms with Gasteiger partial charge in [0.2, 0.25) is 5.76 Å². The molecular formula is C15H16FNO4. The SMILES string of the molecule is COc1ccc(CN(C)Cc2ccc(C(=O)O)o2)cc1F. The summed E-state index contributed by atoms with van der Waals surface area (Å²) in [6.45, 7) is 0.935. The summed E-state index contributed by atoms with van der Waals surface area (Å²) in [4.78, 5) is 12.6. The summed E-state index contributed by atoms with van der Waals surface area (Å²) in [6.07, 6.45) is 0. The molecule has 0 spiro atoms. The van der Waals surface area contributed by atoms with Crippen LogP contribution in [-0.4, -0.2) is 30.1 Å². The molecule has 5 nitrogen and oxygen atoms in total. The second-order valence-corrected chi connectivity index (χ2v) is 4.71. The van der Waals surface area contributed by atoms with Crippen LogP contribution in [0.25, 0.3) is 0 Å². The van der Waals surface area contributed by atoms with Gasteiger partial charge in [-0.3, -0.25) is 4.90 Å². The van der Waals surface area contributed by atoms with Gasteiger partial charge in [0.1, 0.15) is 5.76 Å². The lowest BCUT2D eigenvalue weighted by molar-refractivity contribution is 0.0658. The Morgan fingerprint density at radius 2 is 2.10 bits per heavy atom. The fourth-order valence-corrected chi connectivity index (χ4v) is 2.02. The number of carbonyl (C=O) groups is 1. The number of hydrogen-bond acceptors (Lipinski definition) is 4. The van der Waals surface area contributed by atoms with E-state index in [-0.39, 0.29) is 11.5 Å². The molecule has 0 aliphatic heterocycles. The number of methoxy groups -OCH3 is 1. The first kappa shape index (κ1) is 15.1.